The number of fused-ring (bicyclic) bond motifs is 1. The number of carbonyl (C=O) groups is 2. The molecule has 7 heteroatoms. The molecule has 0 spiro atoms. The lowest BCUT2D eigenvalue weighted by atomic mass is 10.1. The highest BCUT2D eigenvalue weighted by molar-refractivity contribution is 6.04. The van der Waals surface area contributed by atoms with Crippen molar-refractivity contribution in [3.8, 4) is 0 Å². The largest absolute Gasteiger partial charge is 0.341 e. The van der Waals surface area contributed by atoms with Crippen LogP contribution in [0.2, 0.25) is 0 Å². The predicted molar refractivity (Wildman–Crippen MR) is 85.1 cm³/mol. The minimum atomic E-state index is -0.309. The van der Waals surface area contributed by atoms with Crippen LogP contribution in [0.1, 0.15) is 23.8 Å². The number of hydrogen-bond donors (Lipinski definition) is 1. The van der Waals surface area contributed by atoms with Gasteiger partial charge in [0, 0.05) is 38.5 Å². The molecule has 1 aromatic carbocycles. The van der Waals surface area contributed by atoms with Gasteiger partial charge in [0.1, 0.15) is 0 Å². The number of rotatable bonds is 1. The van der Waals surface area contributed by atoms with Gasteiger partial charge in [0.25, 0.3) is 11.5 Å². The number of nitrogens with zero attached hydrogens (tertiary/aromatic N) is 3. The Balaban J connectivity index is 1.91. The normalized spacial score (nSPS) is 15.5. The Morgan fingerprint density at radius 2 is 1.70 bits per heavy atom. The van der Waals surface area contributed by atoms with Crippen molar-refractivity contribution < 1.29 is 9.59 Å². The molecule has 1 aromatic heterocycles. The highest BCUT2D eigenvalue weighted by Crippen LogP contribution is 2.15. The summed E-state index contributed by atoms with van der Waals surface area (Å²) in [4.78, 5) is 39.5. The van der Waals surface area contributed by atoms with Crippen molar-refractivity contribution in [2.45, 2.75) is 13.3 Å². The maximum absolute atomic E-state index is 12.8. The molecule has 2 aromatic rings. The summed E-state index contributed by atoms with van der Waals surface area (Å²) in [5.74, 6) is -0.199. The predicted octanol–water partition coefficient (Wildman–Crippen LogP) is 0.617. The molecule has 2 heterocycles. The summed E-state index contributed by atoms with van der Waals surface area (Å²) in [6, 6.07) is 6.93. The number of H-pyrrole nitrogens is 1. The summed E-state index contributed by atoms with van der Waals surface area (Å²) in [6.45, 7) is 3.74. The summed E-state index contributed by atoms with van der Waals surface area (Å²) in [6.07, 6.45) is 0.729. The lowest BCUT2D eigenvalue weighted by molar-refractivity contribution is -0.128. The lowest BCUT2D eigenvalue weighted by Gasteiger charge is -2.21. The van der Waals surface area contributed by atoms with Gasteiger partial charge in [0.05, 0.1) is 5.39 Å². The van der Waals surface area contributed by atoms with E-state index in [1.54, 1.807) is 34.1 Å². The van der Waals surface area contributed by atoms with Crippen molar-refractivity contribution in [3.05, 3.63) is 40.3 Å². The van der Waals surface area contributed by atoms with Crippen molar-refractivity contribution in [1.29, 1.82) is 0 Å². The van der Waals surface area contributed by atoms with Gasteiger partial charge in [-0.15, -0.1) is 0 Å². The molecule has 1 fully saturated rings. The molecule has 1 aliphatic rings. The Bertz CT molecular complexity index is 814. The molecule has 0 saturated carbocycles. The molecular formula is C16H18N4O3. The van der Waals surface area contributed by atoms with E-state index in [2.05, 4.69) is 10.2 Å². The quantitative estimate of drug-likeness (QED) is 0.836. The van der Waals surface area contributed by atoms with Crippen LogP contribution in [0.4, 0.5) is 0 Å². The second-order valence-corrected chi connectivity index (χ2v) is 5.60. The zero-order chi connectivity index (χ0) is 16.4. The first-order valence-electron chi connectivity index (χ1n) is 7.60. The van der Waals surface area contributed by atoms with E-state index >= 15 is 0 Å². The molecule has 0 bridgehead atoms. The number of carbonyl (C=O) groups excluding carboxylic acids is 2. The van der Waals surface area contributed by atoms with Crippen LogP contribution in [0.3, 0.4) is 0 Å². The molecular weight excluding hydrogens is 296 g/mol. The van der Waals surface area contributed by atoms with E-state index in [4.69, 9.17) is 0 Å². The van der Waals surface area contributed by atoms with E-state index in [-0.39, 0.29) is 23.1 Å². The highest BCUT2D eigenvalue weighted by Gasteiger charge is 2.24. The van der Waals surface area contributed by atoms with Crippen LogP contribution < -0.4 is 5.56 Å². The third-order valence-corrected chi connectivity index (χ3v) is 4.13. The van der Waals surface area contributed by atoms with Crippen molar-refractivity contribution in [1.82, 2.24) is 20.0 Å². The van der Waals surface area contributed by atoms with E-state index in [9.17, 15) is 14.4 Å². The highest BCUT2D eigenvalue weighted by atomic mass is 16.2. The Kier molecular flexibility index (Phi) is 4.10. The molecule has 1 N–H and O–H groups in total. The molecule has 3 rings (SSSR count). The fraction of sp³-hybridized carbons (Fsp3) is 0.375. The van der Waals surface area contributed by atoms with E-state index < -0.39 is 0 Å². The number of aromatic nitrogens is 2. The maximum Gasteiger partial charge on any atom is 0.275 e. The molecule has 0 atom stereocenters. The van der Waals surface area contributed by atoms with Crippen LogP contribution >= 0.6 is 0 Å². The van der Waals surface area contributed by atoms with Crippen LogP contribution in [0, 0.1) is 0 Å². The molecule has 7 nitrogen and oxygen atoms in total. The molecule has 0 aliphatic carbocycles. The smallest absolute Gasteiger partial charge is 0.275 e. The van der Waals surface area contributed by atoms with Crippen molar-refractivity contribution in [2.24, 2.45) is 0 Å². The zero-order valence-corrected chi connectivity index (χ0v) is 12.9. The molecule has 23 heavy (non-hydrogen) atoms. The van der Waals surface area contributed by atoms with Gasteiger partial charge in [-0.25, -0.2) is 5.10 Å². The van der Waals surface area contributed by atoms with Crippen molar-refractivity contribution in [3.63, 3.8) is 0 Å². The standard InChI is InChI=1S/C16H18N4O3/c1-11(21)19-7-4-8-20(10-9-19)16(23)14-12-5-2-3-6-13(12)15(22)18-17-14/h2-3,5-6H,4,7-10H2,1H3,(H,18,22). The zero-order valence-electron chi connectivity index (χ0n) is 12.9. The van der Waals surface area contributed by atoms with Gasteiger partial charge < -0.3 is 9.80 Å². The molecule has 120 valence electrons. The minimum Gasteiger partial charge on any atom is -0.341 e. The molecule has 0 unspecified atom stereocenters. The van der Waals surface area contributed by atoms with Crippen LogP contribution in [-0.4, -0.2) is 58.0 Å². The monoisotopic (exact) mass is 314 g/mol. The first-order chi connectivity index (χ1) is 11.1. The van der Waals surface area contributed by atoms with Crippen molar-refractivity contribution in [2.75, 3.05) is 26.2 Å². The van der Waals surface area contributed by atoms with E-state index in [1.165, 1.54) is 6.92 Å². The summed E-state index contributed by atoms with van der Waals surface area (Å²) < 4.78 is 0. The van der Waals surface area contributed by atoms with Gasteiger partial charge in [-0.1, -0.05) is 18.2 Å². The first-order valence-corrected chi connectivity index (χ1v) is 7.60. The van der Waals surface area contributed by atoms with E-state index in [1.807, 2.05) is 0 Å². The fourth-order valence-corrected chi connectivity index (χ4v) is 2.86. The van der Waals surface area contributed by atoms with Crippen LogP contribution in [0.25, 0.3) is 10.8 Å². The van der Waals surface area contributed by atoms with Gasteiger partial charge in [-0.3, -0.25) is 14.4 Å². The van der Waals surface area contributed by atoms with Crippen molar-refractivity contribution >= 4 is 22.6 Å². The number of hydrogen-bond acceptors (Lipinski definition) is 4. The Morgan fingerprint density at radius 3 is 2.43 bits per heavy atom. The lowest BCUT2D eigenvalue weighted by Crippen LogP contribution is -2.37. The number of aromatic amines is 1. The average Bonchev–Trinajstić information content (AvgIpc) is 2.81. The van der Waals surface area contributed by atoms with E-state index in [0.29, 0.717) is 37.0 Å². The summed E-state index contributed by atoms with van der Waals surface area (Å²) in [5, 5.41) is 7.34. The molecule has 2 amide bonds. The summed E-state index contributed by atoms with van der Waals surface area (Å²) in [5.41, 5.74) is -0.0627. The van der Waals surface area contributed by atoms with Gasteiger partial charge >= 0.3 is 0 Å². The van der Waals surface area contributed by atoms with Gasteiger partial charge in [0.15, 0.2) is 5.69 Å². The number of amides is 2. The first kappa shape index (κ1) is 15.2. The summed E-state index contributed by atoms with van der Waals surface area (Å²) in [7, 11) is 0. The maximum atomic E-state index is 12.8. The second kappa shape index (κ2) is 6.20. The topological polar surface area (TPSA) is 86.4 Å². The molecule has 1 aliphatic heterocycles. The van der Waals surface area contributed by atoms with E-state index in [0.717, 1.165) is 6.42 Å². The average molecular weight is 314 g/mol. The molecule has 0 radical (unpaired) electrons. The minimum absolute atomic E-state index is 0.0203. The second-order valence-electron chi connectivity index (χ2n) is 5.60. The molecule has 1 saturated heterocycles. The number of nitrogens with one attached hydrogen (secondary N) is 1. The SMILES string of the molecule is CC(=O)N1CCCN(C(=O)c2n[nH]c(=O)c3ccccc23)CC1. The third kappa shape index (κ3) is 2.94. The van der Waals surface area contributed by atoms with Gasteiger partial charge in [-0.05, 0) is 12.5 Å². The summed E-state index contributed by atoms with van der Waals surface area (Å²) >= 11 is 0. The van der Waals surface area contributed by atoms with Gasteiger partial charge in [-0.2, -0.15) is 5.10 Å². The van der Waals surface area contributed by atoms with Gasteiger partial charge in [0.2, 0.25) is 5.91 Å². The Labute approximate surface area is 132 Å². The third-order valence-electron chi connectivity index (χ3n) is 4.13. The fourth-order valence-electron chi connectivity index (χ4n) is 2.86. The van der Waals surface area contributed by atoms with Crippen LogP contribution in [-0.2, 0) is 4.79 Å². The van der Waals surface area contributed by atoms with Crippen LogP contribution in [0.15, 0.2) is 29.1 Å². The Morgan fingerprint density at radius 1 is 1.04 bits per heavy atom. The number of benzene rings is 1. The van der Waals surface area contributed by atoms with Crippen LogP contribution in [0.5, 0.6) is 0 Å². The Hall–Kier alpha value is -2.70.